The third-order valence-corrected chi connectivity index (χ3v) is 0.514. The van der Waals surface area contributed by atoms with Crippen LogP contribution in [0.25, 0.3) is 0 Å². The van der Waals surface area contributed by atoms with Crippen molar-refractivity contribution in [2.45, 2.75) is 6.92 Å². The summed E-state index contributed by atoms with van der Waals surface area (Å²) in [5, 5.41) is 0. The SMILES string of the molecule is CC(=O)COC(=O)C=O. The van der Waals surface area contributed by atoms with Crippen LogP contribution in [0.3, 0.4) is 0 Å². The van der Waals surface area contributed by atoms with Gasteiger partial charge in [-0.1, -0.05) is 0 Å². The molecule has 0 fully saturated rings. The fourth-order valence-corrected chi connectivity index (χ4v) is 0.207. The number of esters is 1. The summed E-state index contributed by atoms with van der Waals surface area (Å²) in [6.45, 7) is 0.940. The van der Waals surface area contributed by atoms with E-state index in [1.807, 2.05) is 0 Å². The zero-order chi connectivity index (χ0) is 7.28. The van der Waals surface area contributed by atoms with Gasteiger partial charge in [-0.3, -0.25) is 9.59 Å². The highest BCUT2D eigenvalue weighted by atomic mass is 16.5. The molecular weight excluding hydrogens is 124 g/mol. The van der Waals surface area contributed by atoms with Crippen LogP contribution in [0.1, 0.15) is 6.92 Å². The Morgan fingerprint density at radius 2 is 2.11 bits per heavy atom. The van der Waals surface area contributed by atoms with Crippen molar-refractivity contribution in [3.63, 3.8) is 0 Å². The van der Waals surface area contributed by atoms with E-state index in [1.54, 1.807) is 0 Å². The third-order valence-electron chi connectivity index (χ3n) is 0.514. The smallest absolute Gasteiger partial charge is 0.371 e. The fourth-order valence-electron chi connectivity index (χ4n) is 0.207. The molecule has 4 nitrogen and oxygen atoms in total. The molecular formula is C5H6O4. The first-order valence-electron chi connectivity index (χ1n) is 2.28. The number of carbonyl (C=O) groups is 3. The first-order valence-corrected chi connectivity index (χ1v) is 2.28. The van der Waals surface area contributed by atoms with Crippen molar-refractivity contribution in [3.8, 4) is 0 Å². The minimum Gasteiger partial charge on any atom is -0.452 e. The molecule has 50 valence electrons. The van der Waals surface area contributed by atoms with Crippen molar-refractivity contribution in [2.75, 3.05) is 6.61 Å². The van der Waals surface area contributed by atoms with Crippen LogP contribution in [0.2, 0.25) is 0 Å². The summed E-state index contributed by atoms with van der Waals surface area (Å²) in [4.78, 5) is 29.6. The first-order chi connectivity index (χ1) is 4.16. The Kier molecular flexibility index (Phi) is 3.27. The highest BCUT2D eigenvalue weighted by molar-refractivity contribution is 6.20. The molecule has 0 spiro atoms. The lowest BCUT2D eigenvalue weighted by atomic mass is 10.5. The van der Waals surface area contributed by atoms with Gasteiger partial charge >= 0.3 is 5.97 Å². The van der Waals surface area contributed by atoms with Gasteiger partial charge in [-0.15, -0.1) is 0 Å². The number of ether oxygens (including phenoxy) is 1. The summed E-state index contributed by atoms with van der Waals surface area (Å²) in [6.07, 6.45) is 0.0168. The Hall–Kier alpha value is -1.19. The lowest BCUT2D eigenvalue weighted by Gasteiger charge is -1.92. The zero-order valence-electron chi connectivity index (χ0n) is 4.92. The number of carbonyl (C=O) groups excluding carboxylic acids is 3. The summed E-state index contributed by atoms with van der Waals surface area (Å²) in [5.41, 5.74) is 0. The van der Waals surface area contributed by atoms with Gasteiger partial charge in [0.15, 0.2) is 5.78 Å². The monoisotopic (exact) mass is 130 g/mol. The normalized spacial score (nSPS) is 8.11. The molecule has 0 aromatic carbocycles. The molecule has 0 unspecified atom stereocenters. The maximum absolute atomic E-state index is 10.1. The molecule has 0 aliphatic heterocycles. The molecule has 0 bridgehead atoms. The van der Waals surface area contributed by atoms with Gasteiger partial charge in [-0.05, 0) is 6.92 Å². The van der Waals surface area contributed by atoms with Crippen LogP contribution in [0.4, 0.5) is 0 Å². The number of Topliss-reactive ketones (excluding diaryl/α,β-unsaturated/α-hetero) is 1. The Balaban J connectivity index is 3.39. The van der Waals surface area contributed by atoms with Gasteiger partial charge in [0.1, 0.15) is 6.61 Å². The van der Waals surface area contributed by atoms with Gasteiger partial charge in [0.05, 0.1) is 0 Å². The van der Waals surface area contributed by atoms with E-state index in [2.05, 4.69) is 4.74 Å². The van der Waals surface area contributed by atoms with Crippen molar-refractivity contribution in [3.05, 3.63) is 0 Å². The van der Waals surface area contributed by atoms with E-state index < -0.39 is 5.97 Å². The molecule has 0 aliphatic carbocycles. The number of ketones is 1. The van der Waals surface area contributed by atoms with Crippen LogP contribution in [0, 0.1) is 0 Å². The van der Waals surface area contributed by atoms with Gasteiger partial charge in [0, 0.05) is 0 Å². The molecule has 0 aliphatic rings. The number of hydrogen-bond donors (Lipinski definition) is 0. The maximum Gasteiger partial charge on any atom is 0.371 e. The van der Waals surface area contributed by atoms with E-state index >= 15 is 0 Å². The largest absolute Gasteiger partial charge is 0.452 e. The zero-order valence-corrected chi connectivity index (χ0v) is 4.92. The minimum absolute atomic E-state index is 0.0168. The molecule has 0 aromatic rings. The summed E-state index contributed by atoms with van der Waals surface area (Å²) >= 11 is 0. The van der Waals surface area contributed by atoms with Gasteiger partial charge in [-0.25, -0.2) is 4.79 Å². The van der Waals surface area contributed by atoms with Crippen molar-refractivity contribution >= 4 is 18.0 Å². The van der Waals surface area contributed by atoms with E-state index in [-0.39, 0.29) is 18.7 Å². The van der Waals surface area contributed by atoms with Crippen molar-refractivity contribution in [1.29, 1.82) is 0 Å². The number of hydrogen-bond acceptors (Lipinski definition) is 4. The first kappa shape index (κ1) is 7.81. The molecule has 0 saturated heterocycles. The average Bonchev–Trinajstić information content (AvgIpc) is 1.83. The molecule has 0 radical (unpaired) electrons. The van der Waals surface area contributed by atoms with Crippen LogP contribution in [0.5, 0.6) is 0 Å². The molecule has 0 saturated carbocycles. The highest BCUT2D eigenvalue weighted by Gasteiger charge is 1.99. The van der Waals surface area contributed by atoms with Crippen LogP contribution in [0.15, 0.2) is 0 Å². The molecule has 4 heteroatoms. The summed E-state index contributed by atoms with van der Waals surface area (Å²) in [6, 6.07) is 0. The quantitative estimate of drug-likeness (QED) is 0.288. The van der Waals surface area contributed by atoms with Gasteiger partial charge < -0.3 is 4.74 Å². The van der Waals surface area contributed by atoms with E-state index in [0.29, 0.717) is 0 Å². The second-order valence-corrected chi connectivity index (χ2v) is 1.43. The summed E-state index contributed by atoms with van der Waals surface area (Å²) in [7, 11) is 0. The Bertz CT molecular complexity index is 138. The molecule has 0 heterocycles. The maximum atomic E-state index is 10.1. The number of aldehydes is 1. The second-order valence-electron chi connectivity index (χ2n) is 1.43. The Morgan fingerprint density at radius 1 is 1.56 bits per heavy atom. The lowest BCUT2D eigenvalue weighted by Crippen LogP contribution is -2.11. The van der Waals surface area contributed by atoms with Gasteiger partial charge in [0.25, 0.3) is 0 Å². The van der Waals surface area contributed by atoms with E-state index in [9.17, 15) is 14.4 Å². The van der Waals surface area contributed by atoms with Crippen LogP contribution >= 0.6 is 0 Å². The lowest BCUT2D eigenvalue weighted by molar-refractivity contribution is -0.150. The predicted octanol–water partition coefficient (Wildman–Crippen LogP) is -0.683. The topological polar surface area (TPSA) is 60.4 Å². The van der Waals surface area contributed by atoms with Gasteiger partial charge in [-0.2, -0.15) is 0 Å². The second kappa shape index (κ2) is 3.77. The van der Waals surface area contributed by atoms with Crippen molar-refractivity contribution in [2.24, 2.45) is 0 Å². The standard InChI is InChI=1S/C5H6O4/c1-4(7)3-9-5(8)2-6/h2H,3H2,1H3. The average molecular weight is 130 g/mol. The van der Waals surface area contributed by atoms with E-state index in [4.69, 9.17) is 0 Å². The Labute approximate surface area is 51.8 Å². The summed E-state index contributed by atoms with van der Waals surface area (Å²) in [5.74, 6) is -1.30. The minimum atomic E-state index is -1.01. The van der Waals surface area contributed by atoms with Crippen molar-refractivity contribution in [1.82, 2.24) is 0 Å². The van der Waals surface area contributed by atoms with Crippen molar-refractivity contribution < 1.29 is 19.1 Å². The molecule has 0 atom stereocenters. The van der Waals surface area contributed by atoms with Gasteiger partial charge in [0.2, 0.25) is 6.29 Å². The summed E-state index contributed by atoms with van der Waals surface area (Å²) < 4.78 is 4.10. The molecule has 0 aromatic heterocycles. The van der Waals surface area contributed by atoms with E-state index in [0.717, 1.165) is 0 Å². The Morgan fingerprint density at radius 3 is 2.44 bits per heavy atom. The molecule has 9 heavy (non-hydrogen) atoms. The molecule has 0 amide bonds. The fraction of sp³-hybridized carbons (Fsp3) is 0.400. The van der Waals surface area contributed by atoms with E-state index in [1.165, 1.54) is 6.92 Å². The molecule has 0 rings (SSSR count). The highest BCUT2D eigenvalue weighted by Crippen LogP contribution is 1.74. The van der Waals surface area contributed by atoms with Crippen LogP contribution < -0.4 is 0 Å². The molecule has 0 N–H and O–H groups in total. The number of rotatable bonds is 3. The predicted molar refractivity (Wildman–Crippen MR) is 27.7 cm³/mol. The van der Waals surface area contributed by atoms with Crippen LogP contribution in [-0.4, -0.2) is 24.6 Å². The van der Waals surface area contributed by atoms with Crippen LogP contribution in [-0.2, 0) is 19.1 Å². The third kappa shape index (κ3) is 4.67.